The Kier molecular flexibility index (Phi) is 6.17. The molecule has 1 fully saturated rings. The minimum Gasteiger partial charge on any atom is -0.465 e. The molecule has 2 aromatic rings. The number of carbonyl (C=O) groups is 2. The highest BCUT2D eigenvalue weighted by molar-refractivity contribution is 5.89. The third-order valence-electron chi connectivity index (χ3n) is 5.57. The number of aliphatic hydroxyl groups is 1. The Balaban J connectivity index is 1.81. The largest absolute Gasteiger partial charge is 0.465 e. The molecule has 6 heteroatoms. The van der Waals surface area contributed by atoms with Crippen LogP contribution in [0.25, 0.3) is 0 Å². The second kappa shape index (κ2) is 8.48. The number of rotatable bonds is 6. The lowest BCUT2D eigenvalue weighted by molar-refractivity contribution is -0.101. The Morgan fingerprint density at radius 1 is 1.20 bits per heavy atom. The van der Waals surface area contributed by atoms with Crippen molar-refractivity contribution in [1.82, 2.24) is 4.90 Å². The van der Waals surface area contributed by atoms with Gasteiger partial charge in [-0.25, -0.2) is 9.59 Å². The number of methoxy groups -OCH3 is 1. The van der Waals surface area contributed by atoms with Crippen LogP contribution in [0.3, 0.4) is 0 Å². The van der Waals surface area contributed by atoms with E-state index in [-0.39, 0.29) is 6.04 Å². The summed E-state index contributed by atoms with van der Waals surface area (Å²) in [7, 11) is 1.34. The summed E-state index contributed by atoms with van der Waals surface area (Å²) in [6.45, 7) is 5.87. The molecule has 0 aromatic heterocycles. The first kappa shape index (κ1) is 21.8. The van der Waals surface area contributed by atoms with Crippen molar-refractivity contribution in [2.75, 3.05) is 13.7 Å². The number of ether oxygens (including phenoxy) is 2. The number of hydrogen-bond donors (Lipinski definition) is 1. The van der Waals surface area contributed by atoms with Gasteiger partial charge in [0.25, 0.3) is 0 Å². The Morgan fingerprint density at radius 3 is 2.37 bits per heavy atom. The maximum atomic E-state index is 13.1. The summed E-state index contributed by atoms with van der Waals surface area (Å²) in [6.07, 6.45) is 0.460. The molecule has 1 unspecified atom stereocenters. The summed E-state index contributed by atoms with van der Waals surface area (Å²) in [5, 5.41) is 10.5. The molecular weight excluding hydrogens is 382 g/mol. The zero-order chi connectivity index (χ0) is 21.9. The predicted octanol–water partition coefficient (Wildman–Crippen LogP) is 4.43. The van der Waals surface area contributed by atoms with Crippen LogP contribution in [0.2, 0.25) is 0 Å². The van der Waals surface area contributed by atoms with Crippen molar-refractivity contribution in [2.45, 2.75) is 50.9 Å². The van der Waals surface area contributed by atoms with Crippen molar-refractivity contribution in [3.05, 3.63) is 71.3 Å². The Morgan fingerprint density at radius 2 is 1.83 bits per heavy atom. The molecule has 0 aliphatic carbocycles. The Hall–Kier alpha value is -2.86. The molecule has 1 N–H and O–H groups in total. The molecule has 0 saturated carbocycles. The fourth-order valence-electron chi connectivity index (χ4n) is 4.09. The molecule has 1 amide bonds. The van der Waals surface area contributed by atoms with Crippen LogP contribution in [0.5, 0.6) is 0 Å². The average Bonchev–Trinajstić information content (AvgIpc) is 2.72. The quantitative estimate of drug-likeness (QED) is 0.712. The van der Waals surface area contributed by atoms with Gasteiger partial charge in [-0.15, -0.1) is 0 Å². The van der Waals surface area contributed by atoms with Gasteiger partial charge in [0, 0.05) is 19.4 Å². The van der Waals surface area contributed by atoms with Crippen LogP contribution in [0.15, 0.2) is 54.6 Å². The summed E-state index contributed by atoms with van der Waals surface area (Å²) in [5.41, 5.74) is 0.377. The van der Waals surface area contributed by atoms with Gasteiger partial charge in [0.1, 0.15) is 5.60 Å². The van der Waals surface area contributed by atoms with E-state index in [1.54, 1.807) is 30.9 Å². The van der Waals surface area contributed by atoms with Crippen LogP contribution in [0.4, 0.5) is 4.79 Å². The van der Waals surface area contributed by atoms with Gasteiger partial charge in [-0.05, 0) is 44.0 Å². The molecule has 0 radical (unpaired) electrons. The second-order valence-corrected chi connectivity index (χ2v) is 8.45. The maximum Gasteiger partial charge on any atom is 0.411 e. The third kappa shape index (κ3) is 4.65. The van der Waals surface area contributed by atoms with Gasteiger partial charge in [-0.1, -0.05) is 42.5 Å². The van der Waals surface area contributed by atoms with Gasteiger partial charge in [0.05, 0.1) is 24.3 Å². The van der Waals surface area contributed by atoms with Crippen LogP contribution < -0.4 is 0 Å². The third-order valence-corrected chi connectivity index (χ3v) is 5.57. The molecule has 30 heavy (non-hydrogen) atoms. The van der Waals surface area contributed by atoms with Crippen molar-refractivity contribution in [3.8, 4) is 0 Å². The lowest BCUT2D eigenvalue weighted by Gasteiger charge is -2.45. The molecule has 1 aliphatic rings. The smallest absolute Gasteiger partial charge is 0.411 e. The van der Waals surface area contributed by atoms with Crippen LogP contribution in [0.1, 0.15) is 61.1 Å². The zero-order valence-electron chi connectivity index (χ0n) is 17.9. The van der Waals surface area contributed by atoms with Crippen molar-refractivity contribution in [1.29, 1.82) is 0 Å². The summed E-state index contributed by atoms with van der Waals surface area (Å²) in [6, 6.07) is 16.4. The number of carbonyl (C=O) groups excluding carboxylic acids is 2. The summed E-state index contributed by atoms with van der Waals surface area (Å²) >= 11 is 0. The van der Waals surface area contributed by atoms with Gasteiger partial charge < -0.3 is 19.5 Å². The number of hydrogen-bond acceptors (Lipinski definition) is 5. The summed E-state index contributed by atoms with van der Waals surface area (Å²) in [4.78, 5) is 26.4. The second-order valence-electron chi connectivity index (χ2n) is 8.45. The van der Waals surface area contributed by atoms with E-state index in [1.165, 1.54) is 7.11 Å². The lowest BCUT2D eigenvalue weighted by atomic mass is 9.80. The monoisotopic (exact) mass is 411 g/mol. The first-order valence-corrected chi connectivity index (χ1v) is 10.1. The molecular formula is C24H29NO5. The summed E-state index contributed by atoms with van der Waals surface area (Å²) < 4.78 is 10.8. The zero-order valence-corrected chi connectivity index (χ0v) is 17.9. The number of esters is 1. The van der Waals surface area contributed by atoms with Gasteiger partial charge in [-0.2, -0.15) is 0 Å². The van der Waals surface area contributed by atoms with Gasteiger partial charge in [0.2, 0.25) is 0 Å². The Bertz CT molecular complexity index is 888. The Labute approximate surface area is 177 Å². The van der Waals surface area contributed by atoms with E-state index < -0.39 is 23.3 Å². The first-order valence-electron chi connectivity index (χ1n) is 10.1. The molecule has 1 saturated heterocycles. The average molecular weight is 411 g/mol. The van der Waals surface area contributed by atoms with Crippen molar-refractivity contribution in [3.63, 3.8) is 0 Å². The van der Waals surface area contributed by atoms with Gasteiger partial charge in [-0.3, -0.25) is 0 Å². The van der Waals surface area contributed by atoms with E-state index >= 15 is 0 Å². The standard InChI is InChI=1S/C24H29NO5/c1-17(18-10-12-19(13-11-18)21(26)29-4)25-15-14-24(30-22(25)27,16-23(2,3)28)20-8-6-5-7-9-20/h5-13,17,28H,14-16H2,1-4H3/t17-,24?/m0/s1. The fraction of sp³-hybridized carbons (Fsp3) is 0.417. The molecule has 6 nitrogen and oxygen atoms in total. The number of cyclic esters (lactones) is 1. The van der Waals surface area contributed by atoms with Crippen LogP contribution in [0, 0.1) is 0 Å². The lowest BCUT2D eigenvalue weighted by Crippen LogP contribution is -2.51. The molecule has 3 rings (SSSR count). The van der Waals surface area contributed by atoms with Crippen LogP contribution in [-0.4, -0.2) is 41.3 Å². The van der Waals surface area contributed by atoms with Gasteiger partial charge in [0.15, 0.2) is 0 Å². The number of nitrogens with zero attached hydrogens (tertiary/aromatic N) is 1. The van der Waals surface area contributed by atoms with Crippen molar-refractivity contribution < 1.29 is 24.2 Å². The predicted molar refractivity (Wildman–Crippen MR) is 113 cm³/mol. The first-order chi connectivity index (χ1) is 14.1. The van der Waals surface area contributed by atoms with E-state index in [2.05, 4.69) is 0 Å². The normalized spacial score (nSPS) is 20.4. The van der Waals surface area contributed by atoms with Crippen molar-refractivity contribution >= 4 is 12.1 Å². The molecule has 2 aromatic carbocycles. The highest BCUT2D eigenvalue weighted by Crippen LogP contribution is 2.42. The maximum absolute atomic E-state index is 13.1. The van der Waals surface area contributed by atoms with E-state index in [9.17, 15) is 14.7 Å². The molecule has 0 bridgehead atoms. The van der Waals surface area contributed by atoms with Gasteiger partial charge >= 0.3 is 12.1 Å². The van der Waals surface area contributed by atoms with Crippen LogP contribution >= 0.6 is 0 Å². The minimum atomic E-state index is -0.992. The number of amides is 1. The molecule has 0 spiro atoms. The highest BCUT2D eigenvalue weighted by atomic mass is 16.6. The number of benzene rings is 2. The molecule has 160 valence electrons. The van der Waals surface area contributed by atoms with Crippen molar-refractivity contribution in [2.24, 2.45) is 0 Å². The topological polar surface area (TPSA) is 76.1 Å². The SMILES string of the molecule is COC(=O)c1ccc([C@H](C)N2CCC(CC(C)(C)O)(c3ccccc3)OC2=O)cc1. The molecule has 1 heterocycles. The molecule has 2 atom stereocenters. The van der Waals surface area contributed by atoms with Crippen LogP contribution in [-0.2, 0) is 15.1 Å². The fourth-order valence-corrected chi connectivity index (χ4v) is 4.09. The van der Waals surface area contributed by atoms with E-state index in [1.807, 2.05) is 49.4 Å². The van der Waals surface area contributed by atoms with E-state index in [0.717, 1.165) is 11.1 Å². The molecule has 1 aliphatic heterocycles. The van der Waals surface area contributed by atoms with E-state index in [0.29, 0.717) is 24.9 Å². The highest BCUT2D eigenvalue weighted by Gasteiger charge is 2.46. The summed E-state index contributed by atoms with van der Waals surface area (Å²) in [5.74, 6) is -0.397. The van der Waals surface area contributed by atoms with E-state index in [4.69, 9.17) is 9.47 Å². The minimum absolute atomic E-state index is 0.222.